The Balaban J connectivity index is 2.33. The Labute approximate surface area is 115 Å². The smallest absolute Gasteiger partial charge is 0.122 e. The zero-order chi connectivity index (χ0) is 13.9. The van der Waals surface area contributed by atoms with E-state index in [0.29, 0.717) is 0 Å². The van der Waals surface area contributed by atoms with E-state index in [4.69, 9.17) is 9.47 Å². The number of hydrogen-bond donors (Lipinski definition) is 0. The van der Waals surface area contributed by atoms with Gasteiger partial charge in [-0.05, 0) is 35.4 Å². The van der Waals surface area contributed by atoms with Crippen molar-refractivity contribution in [3.05, 3.63) is 73.9 Å². The van der Waals surface area contributed by atoms with E-state index in [1.807, 2.05) is 24.3 Å². The van der Waals surface area contributed by atoms with Crippen LogP contribution in [0.4, 0.5) is 0 Å². The summed E-state index contributed by atoms with van der Waals surface area (Å²) in [6.45, 7) is 4.38. The number of rotatable bonds is 4. The first-order chi connectivity index (χ1) is 9.07. The van der Waals surface area contributed by atoms with E-state index in [9.17, 15) is 0 Å². The van der Waals surface area contributed by atoms with Crippen molar-refractivity contribution < 1.29 is 9.47 Å². The molecule has 0 bridgehead atoms. The maximum absolute atomic E-state index is 4.94. The van der Waals surface area contributed by atoms with Gasteiger partial charge in [-0.2, -0.15) is 0 Å². The molecule has 0 N–H and O–H groups in total. The maximum Gasteiger partial charge on any atom is 0.122 e. The molecule has 0 aliphatic carbocycles. The van der Waals surface area contributed by atoms with Gasteiger partial charge in [0.1, 0.15) is 25.7 Å². The minimum atomic E-state index is -0.0839. The molecular weight excluding hydrogens is 236 g/mol. The van der Waals surface area contributed by atoms with E-state index >= 15 is 0 Å². The molecule has 0 unspecified atom stereocenters. The Morgan fingerprint density at radius 1 is 0.684 bits per heavy atom. The molecule has 98 valence electrons. The van der Waals surface area contributed by atoms with Gasteiger partial charge >= 0.3 is 0 Å². The number of benzene rings is 2. The summed E-state index contributed by atoms with van der Waals surface area (Å²) in [7, 11) is 6.81. The van der Waals surface area contributed by atoms with Gasteiger partial charge in [-0.3, -0.25) is 0 Å². The van der Waals surface area contributed by atoms with Crippen LogP contribution < -0.4 is 9.47 Å². The summed E-state index contributed by atoms with van der Waals surface area (Å²) in [4.78, 5) is 0. The first kappa shape index (κ1) is 13.5. The normalized spacial score (nSPS) is 11.2. The molecule has 0 saturated heterocycles. The minimum Gasteiger partial charge on any atom is -0.490 e. The van der Waals surface area contributed by atoms with Gasteiger partial charge in [0.15, 0.2) is 0 Å². The van der Waals surface area contributed by atoms with Crippen LogP contribution in [0.2, 0.25) is 0 Å². The van der Waals surface area contributed by atoms with Crippen LogP contribution in [-0.4, -0.2) is 0 Å². The van der Waals surface area contributed by atoms with Crippen molar-refractivity contribution in [1.82, 2.24) is 0 Å². The van der Waals surface area contributed by atoms with Crippen molar-refractivity contribution in [1.29, 1.82) is 0 Å². The van der Waals surface area contributed by atoms with Gasteiger partial charge in [0.2, 0.25) is 0 Å². The minimum absolute atomic E-state index is 0.0839. The molecule has 0 fully saturated rings. The fourth-order valence-electron chi connectivity index (χ4n) is 2.10. The average Bonchev–Trinajstić information content (AvgIpc) is 2.47. The summed E-state index contributed by atoms with van der Waals surface area (Å²) in [6, 6.07) is 16.0. The van der Waals surface area contributed by atoms with Crippen molar-refractivity contribution in [2.45, 2.75) is 19.3 Å². The molecule has 0 amide bonds. The third-order valence-corrected chi connectivity index (χ3v) is 3.49. The Kier molecular flexibility index (Phi) is 3.79. The van der Waals surface area contributed by atoms with Crippen LogP contribution in [0.25, 0.3) is 0 Å². The van der Waals surface area contributed by atoms with E-state index < -0.39 is 0 Å². The third kappa shape index (κ3) is 2.73. The zero-order valence-electron chi connectivity index (χ0n) is 11.3. The quantitative estimate of drug-likeness (QED) is 0.807. The van der Waals surface area contributed by atoms with Crippen LogP contribution in [0.3, 0.4) is 0 Å². The summed E-state index contributed by atoms with van der Waals surface area (Å²) in [6.07, 6.45) is 0. The second kappa shape index (κ2) is 5.35. The monoisotopic (exact) mass is 254 g/mol. The molecule has 19 heavy (non-hydrogen) atoms. The van der Waals surface area contributed by atoms with Gasteiger partial charge in [-0.25, -0.2) is 0 Å². The molecule has 0 atom stereocenters. The molecule has 2 rings (SSSR count). The lowest BCUT2D eigenvalue weighted by atomic mass is 9.78. The average molecular weight is 254 g/mol. The molecule has 2 heteroatoms. The fourth-order valence-corrected chi connectivity index (χ4v) is 2.10. The Morgan fingerprint density at radius 2 is 1.00 bits per heavy atom. The lowest BCUT2D eigenvalue weighted by molar-refractivity contribution is 0.471. The summed E-state index contributed by atoms with van der Waals surface area (Å²) in [5.74, 6) is 1.53. The number of hydrogen-bond acceptors (Lipinski definition) is 2. The summed E-state index contributed by atoms with van der Waals surface area (Å²) >= 11 is 0. The van der Waals surface area contributed by atoms with Crippen molar-refractivity contribution in [3.63, 3.8) is 0 Å². The zero-order valence-corrected chi connectivity index (χ0v) is 11.3. The van der Waals surface area contributed by atoms with Gasteiger partial charge < -0.3 is 9.47 Å². The van der Waals surface area contributed by atoms with Crippen LogP contribution in [0.15, 0.2) is 48.5 Å². The summed E-state index contributed by atoms with van der Waals surface area (Å²) in [5.41, 5.74) is 2.35. The molecular formula is C17H18O2. The third-order valence-electron chi connectivity index (χ3n) is 3.49. The fraction of sp³-hybridized carbons (Fsp3) is 0.176. The second-order valence-electron chi connectivity index (χ2n) is 4.96. The molecule has 0 aliphatic heterocycles. The molecule has 2 aromatic carbocycles. The molecule has 2 radical (unpaired) electrons. The van der Waals surface area contributed by atoms with Crippen LogP contribution in [0.5, 0.6) is 11.5 Å². The lowest BCUT2D eigenvalue weighted by Gasteiger charge is -2.26. The molecule has 0 heterocycles. The molecule has 2 nitrogen and oxygen atoms in total. The molecule has 0 aliphatic rings. The summed E-state index contributed by atoms with van der Waals surface area (Å²) in [5, 5.41) is 0. The SMILES string of the molecule is [CH2]Oc1ccc(C(C)(C)c2ccc(O[CH2])cc2)cc1. The van der Waals surface area contributed by atoms with Crippen molar-refractivity contribution in [2.24, 2.45) is 0 Å². The van der Waals surface area contributed by atoms with E-state index in [1.54, 1.807) is 0 Å². The van der Waals surface area contributed by atoms with E-state index in [2.05, 4.69) is 52.3 Å². The van der Waals surface area contributed by atoms with Crippen LogP contribution >= 0.6 is 0 Å². The van der Waals surface area contributed by atoms with Gasteiger partial charge in [0.25, 0.3) is 0 Å². The van der Waals surface area contributed by atoms with Gasteiger partial charge in [0.05, 0.1) is 0 Å². The lowest BCUT2D eigenvalue weighted by Crippen LogP contribution is -2.18. The first-order valence-corrected chi connectivity index (χ1v) is 6.13. The highest BCUT2D eigenvalue weighted by Gasteiger charge is 2.22. The second-order valence-corrected chi connectivity index (χ2v) is 4.96. The maximum atomic E-state index is 4.94. The molecule has 0 saturated carbocycles. The Hall–Kier alpha value is -1.96. The van der Waals surface area contributed by atoms with Gasteiger partial charge in [-0.1, -0.05) is 38.1 Å². The van der Waals surface area contributed by atoms with Gasteiger partial charge in [0, 0.05) is 5.41 Å². The van der Waals surface area contributed by atoms with Gasteiger partial charge in [-0.15, -0.1) is 0 Å². The topological polar surface area (TPSA) is 18.5 Å². The molecule has 0 spiro atoms. The highest BCUT2D eigenvalue weighted by atomic mass is 16.5. The first-order valence-electron chi connectivity index (χ1n) is 6.13. The van der Waals surface area contributed by atoms with Crippen molar-refractivity contribution in [3.8, 4) is 11.5 Å². The standard InChI is InChI=1S/C17H18O2/c1-17(2,13-5-9-15(18-3)10-6-13)14-7-11-16(19-4)12-8-14/h5-12H,3-4H2,1-2H3. The van der Waals surface area contributed by atoms with Crippen molar-refractivity contribution >= 4 is 0 Å². The van der Waals surface area contributed by atoms with E-state index in [0.717, 1.165) is 11.5 Å². The highest BCUT2D eigenvalue weighted by molar-refractivity contribution is 5.41. The van der Waals surface area contributed by atoms with Crippen LogP contribution in [0.1, 0.15) is 25.0 Å². The van der Waals surface area contributed by atoms with E-state index in [-0.39, 0.29) is 5.41 Å². The van der Waals surface area contributed by atoms with E-state index in [1.165, 1.54) is 11.1 Å². The molecule has 0 aromatic heterocycles. The van der Waals surface area contributed by atoms with Crippen LogP contribution in [-0.2, 0) is 5.41 Å². The highest BCUT2D eigenvalue weighted by Crippen LogP contribution is 2.33. The Bertz CT molecular complexity index is 475. The summed E-state index contributed by atoms with van der Waals surface area (Å²) < 4.78 is 9.89. The predicted octanol–water partition coefficient (Wildman–Crippen LogP) is 4.35. The Morgan fingerprint density at radius 3 is 1.26 bits per heavy atom. The van der Waals surface area contributed by atoms with Crippen LogP contribution in [0, 0.1) is 14.2 Å². The number of ether oxygens (including phenoxy) is 2. The molecule has 2 aromatic rings. The van der Waals surface area contributed by atoms with Crippen molar-refractivity contribution in [2.75, 3.05) is 0 Å². The largest absolute Gasteiger partial charge is 0.490 e. The predicted molar refractivity (Wildman–Crippen MR) is 77.0 cm³/mol.